The van der Waals surface area contributed by atoms with Crippen molar-refractivity contribution in [3.63, 3.8) is 0 Å². The molecular weight excluding hydrogens is 456 g/mol. The first kappa shape index (κ1) is 22.8. The summed E-state index contributed by atoms with van der Waals surface area (Å²) in [5.74, 6) is -1.54. The van der Waals surface area contributed by atoms with Gasteiger partial charge in [0.25, 0.3) is 0 Å². The van der Waals surface area contributed by atoms with Crippen molar-refractivity contribution in [2.75, 3.05) is 0 Å². The molecule has 0 bridgehead atoms. The minimum absolute atomic E-state index is 0.00689. The van der Waals surface area contributed by atoms with Gasteiger partial charge in [0, 0.05) is 6.42 Å². The maximum atomic E-state index is 12.3. The number of alkyl halides is 3. The number of carboxylic acid groups (broad SMARTS) is 1. The smallest absolute Gasteiger partial charge is 0.478 e. The quantitative estimate of drug-likeness (QED) is 0.420. The molecule has 0 aromatic heterocycles. The molecule has 0 aliphatic heterocycles. The highest BCUT2D eigenvalue weighted by molar-refractivity contribution is 6.37. The zero-order chi connectivity index (χ0) is 22.6. The van der Waals surface area contributed by atoms with Gasteiger partial charge in [-0.1, -0.05) is 65.7 Å². The number of aliphatic carboxylic acids is 1. The highest BCUT2D eigenvalue weighted by Crippen LogP contribution is 2.39. The Morgan fingerprint density at radius 2 is 1.52 bits per heavy atom. The van der Waals surface area contributed by atoms with E-state index in [4.69, 9.17) is 27.9 Å². The van der Waals surface area contributed by atoms with Crippen LogP contribution in [0.3, 0.4) is 0 Å². The Morgan fingerprint density at radius 3 is 2.03 bits per heavy atom. The Balaban J connectivity index is 1.82. The van der Waals surface area contributed by atoms with Gasteiger partial charge in [-0.05, 0) is 41.0 Å². The number of hydrogen-bond acceptors (Lipinski definition) is 3. The van der Waals surface area contributed by atoms with E-state index < -0.39 is 18.4 Å². The van der Waals surface area contributed by atoms with Crippen LogP contribution >= 0.6 is 23.2 Å². The minimum Gasteiger partial charge on any atom is -0.478 e. The third-order valence-electron chi connectivity index (χ3n) is 4.22. The normalized spacial score (nSPS) is 12.3. The van der Waals surface area contributed by atoms with Gasteiger partial charge in [0.15, 0.2) is 11.9 Å². The Morgan fingerprint density at radius 1 is 0.935 bits per heavy atom. The van der Waals surface area contributed by atoms with Crippen LogP contribution in [0.15, 0.2) is 66.7 Å². The lowest BCUT2D eigenvalue weighted by Crippen LogP contribution is -2.29. The molecule has 0 fully saturated rings. The van der Waals surface area contributed by atoms with Crippen molar-refractivity contribution in [2.45, 2.75) is 18.9 Å². The molecule has 0 saturated heterocycles. The second kappa shape index (κ2) is 9.49. The van der Waals surface area contributed by atoms with Crippen molar-refractivity contribution >= 4 is 29.2 Å². The molecule has 1 atom stereocenters. The molecule has 0 unspecified atom stereocenters. The maximum Gasteiger partial charge on any atom is 0.573 e. The molecule has 9 heteroatoms. The van der Waals surface area contributed by atoms with Gasteiger partial charge in [0.05, 0.1) is 10.0 Å². The molecule has 4 nitrogen and oxygen atoms in total. The predicted octanol–water partition coefficient (Wildman–Crippen LogP) is 6.63. The first-order valence-corrected chi connectivity index (χ1v) is 9.66. The molecule has 0 aliphatic carbocycles. The highest BCUT2D eigenvalue weighted by atomic mass is 35.5. The summed E-state index contributed by atoms with van der Waals surface area (Å²) in [5, 5.41) is 9.65. The molecule has 0 saturated carbocycles. The second-order valence-corrected chi connectivity index (χ2v) is 7.29. The van der Waals surface area contributed by atoms with E-state index in [0.717, 1.165) is 17.7 Å². The van der Waals surface area contributed by atoms with E-state index >= 15 is 0 Å². The van der Waals surface area contributed by atoms with E-state index in [9.17, 15) is 23.1 Å². The fourth-order valence-corrected chi connectivity index (χ4v) is 3.41. The number of benzene rings is 3. The summed E-state index contributed by atoms with van der Waals surface area (Å²) in [7, 11) is 0. The van der Waals surface area contributed by atoms with Crippen molar-refractivity contribution in [1.82, 2.24) is 0 Å². The van der Waals surface area contributed by atoms with E-state index in [1.807, 2.05) is 6.07 Å². The van der Waals surface area contributed by atoms with Crippen molar-refractivity contribution in [1.29, 1.82) is 0 Å². The molecule has 3 rings (SSSR count). The van der Waals surface area contributed by atoms with Crippen LogP contribution in [0.25, 0.3) is 11.1 Å². The SMILES string of the molecule is O=C(O)[C@@H](Cc1ccccc1)Oc1c(Cl)cc(-c2ccc(OC(F)(F)F)cc2)cc1Cl. The van der Waals surface area contributed by atoms with Crippen molar-refractivity contribution < 1.29 is 32.5 Å². The van der Waals surface area contributed by atoms with Crippen molar-refractivity contribution in [3.05, 3.63) is 82.3 Å². The summed E-state index contributed by atoms with van der Waals surface area (Å²) < 4.78 is 46.3. The number of carboxylic acids is 1. The molecule has 0 heterocycles. The summed E-state index contributed by atoms with van der Waals surface area (Å²) in [6.45, 7) is 0. The third kappa shape index (κ3) is 6.29. The van der Waals surface area contributed by atoms with Gasteiger partial charge in [0.2, 0.25) is 0 Å². The predicted molar refractivity (Wildman–Crippen MR) is 111 cm³/mol. The van der Waals surface area contributed by atoms with Crippen LogP contribution in [-0.2, 0) is 11.2 Å². The van der Waals surface area contributed by atoms with E-state index in [0.29, 0.717) is 11.1 Å². The lowest BCUT2D eigenvalue weighted by Gasteiger charge is -2.18. The monoisotopic (exact) mass is 470 g/mol. The van der Waals surface area contributed by atoms with Gasteiger partial charge < -0.3 is 14.6 Å². The zero-order valence-electron chi connectivity index (χ0n) is 15.7. The van der Waals surface area contributed by atoms with Crippen LogP contribution in [0.4, 0.5) is 13.2 Å². The highest BCUT2D eigenvalue weighted by Gasteiger charge is 2.31. The second-order valence-electron chi connectivity index (χ2n) is 6.48. The Labute approximate surface area is 185 Å². The maximum absolute atomic E-state index is 12.3. The van der Waals surface area contributed by atoms with Crippen LogP contribution in [0, 0.1) is 0 Å². The molecule has 3 aromatic rings. The minimum atomic E-state index is -4.78. The number of halogens is 5. The zero-order valence-corrected chi connectivity index (χ0v) is 17.2. The summed E-state index contributed by atoms with van der Waals surface area (Å²) in [6, 6.07) is 17.1. The van der Waals surface area contributed by atoms with Gasteiger partial charge in [-0.15, -0.1) is 13.2 Å². The number of carbonyl (C=O) groups is 1. The molecular formula is C22H15Cl2F3O4. The molecule has 0 amide bonds. The standard InChI is InChI=1S/C22H15Cl2F3O4/c23-17-11-15(14-6-8-16(9-7-14)31-22(25,26)27)12-18(24)20(17)30-19(21(28)29)10-13-4-2-1-3-5-13/h1-9,11-12,19H,10H2,(H,28,29)/t19-/m1/s1. The van der Waals surface area contributed by atoms with Crippen molar-refractivity contribution in [3.8, 4) is 22.6 Å². The molecule has 162 valence electrons. The summed E-state index contributed by atoms with van der Waals surface area (Å²) in [6.07, 6.45) is -5.90. The van der Waals surface area contributed by atoms with Crippen LogP contribution in [0.5, 0.6) is 11.5 Å². The summed E-state index contributed by atoms with van der Waals surface area (Å²) >= 11 is 12.6. The van der Waals surface area contributed by atoms with Gasteiger partial charge >= 0.3 is 12.3 Å². The Hall–Kier alpha value is -2.90. The first-order chi connectivity index (χ1) is 14.6. The Kier molecular flexibility index (Phi) is 6.97. The molecule has 0 spiro atoms. The number of ether oxygens (including phenoxy) is 2. The van der Waals surface area contributed by atoms with E-state index in [2.05, 4.69) is 4.74 Å². The summed E-state index contributed by atoms with van der Waals surface area (Å²) in [5.41, 5.74) is 1.81. The van der Waals surface area contributed by atoms with E-state index in [1.165, 1.54) is 24.3 Å². The van der Waals surface area contributed by atoms with Crippen LogP contribution in [0.2, 0.25) is 10.0 Å². The topological polar surface area (TPSA) is 55.8 Å². The largest absolute Gasteiger partial charge is 0.573 e. The van der Waals surface area contributed by atoms with Crippen LogP contribution in [0.1, 0.15) is 5.56 Å². The molecule has 0 radical (unpaired) electrons. The lowest BCUT2D eigenvalue weighted by molar-refractivity contribution is -0.274. The average molecular weight is 471 g/mol. The van der Waals surface area contributed by atoms with Gasteiger partial charge in [-0.25, -0.2) is 4.79 Å². The molecule has 1 N–H and O–H groups in total. The Bertz CT molecular complexity index is 1030. The van der Waals surface area contributed by atoms with E-state index in [1.54, 1.807) is 24.3 Å². The first-order valence-electron chi connectivity index (χ1n) is 8.91. The molecule has 0 aliphatic rings. The third-order valence-corrected chi connectivity index (χ3v) is 4.78. The molecule has 31 heavy (non-hydrogen) atoms. The van der Waals surface area contributed by atoms with Gasteiger partial charge in [0.1, 0.15) is 5.75 Å². The number of hydrogen-bond donors (Lipinski definition) is 1. The average Bonchev–Trinajstić information content (AvgIpc) is 2.69. The lowest BCUT2D eigenvalue weighted by atomic mass is 10.1. The van der Waals surface area contributed by atoms with Crippen molar-refractivity contribution in [2.24, 2.45) is 0 Å². The van der Waals surface area contributed by atoms with Gasteiger partial charge in [-0.2, -0.15) is 0 Å². The summed E-state index contributed by atoms with van der Waals surface area (Å²) in [4.78, 5) is 11.6. The van der Waals surface area contributed by atoms with Gasteiger partial charge in [-0.3, -0.25) is 0 Å². The fraction of sp³-hybridized carbons (Fsp3) is 0.136. The van der Waals surface area contributed by atoms with E-state index in [-0.39, 0.29) is 28.0 Å². The van der Waals surface area contributed by atoms with Crippen LogP contribution < -0.4 is 9.47 Å². The number of rotatable bonds is 7. The molecule has 3 aromatic carbocycles. The van der Waals surface area contributed by atoms with Crippen LogP contribution in [-0.4, -0.2) is 23.5 Å². The fourth-order valence-electron chi connectivity index (χ4n) is 2.84.